The van der Waals surface area contributed by atoms with E-state index in [0.29, 0.717) is 35.1 Å². The fourth-order valence-corrected chi connectivity index (χ4v) is 4.49. The largest absolute Gasteiger partial charge is 0.486 e. The standard InChI is InChI=1S/C25H27FN4O2S/c1-5-30-22(14-32-18-11-9-16(10-12-18)25(2,3)4)28-29-24(30)33-15-17-13-21(31)19-7-6-8-20(26)23(19)27-17/h6-13H,5,14-15H2,1-4H3,(H,27,31). The van der Waals surface area contributed by atoms with Crippen LogP contribution in [0.5, 0.6) is 5.75 Å². The smallest absolute Gasteiger partial charge is 0.191 e. The van der Waals surface area contributed by atoms with Gasteiger partial charge in [-0.2, -0.15) is 0 Å². The van der Waals surface area contributed by atoms with Crippen molar-refractivity contribution in [1.29, 1.82) is 0 Å². The number of benzene rings is 2. The maximum absolute atomic E-state index is 14.1. The predicted molar refractivity (Wildman–Crippen MR) is 129 cm³/mol. The van der Waals surface area contributed by atoms with Crippen LogP contribution in [0.3, 0.4) is 0 Å². The molecule has 33 heavy (non-hydrogen) atoms. The number of nitrogens with zero attached hydrogens (tertiary/aromatic N) is 3. The minimum absolute atomic E-state index is 0.0914. The summed E-state index contributed by atoms with van der Waals surface area (Å²) in [6.45, 7) is 9.53. The lowest BCUT2D eigenvalue weighted by Crippen LogP contribution is -2.11. The quantitative estimate of drug-likeness (QED) is 0.367. The molecule has 4 rings (SSSR count). The van der Waals surface area contributed by atoms with E-state index < -0.39 is 5.82 Å². The SMILES string of the molecule is CCn1c(COc2ccc(C(C)(C)C)cc2)nnc1SCc1cc(=O)c2cccc(F)c2[nH]1. The van der Waals surface area contributed by atoms with Crippen LogP contribution in [0.4, 0.5) is 4.39 Å². The molecule has 0 aliphatic heterocycles. The molecule has 0 saturated heterocycles. The zero-order valence-corrected chi connectivity index (χ0v) is 20.0. The Balaban J connectivity index is 1.45. The highest BCUT2D eigenvalue weighted by Crippen LogP contribution is 2.26. The lowest BCUT2D eigenvalue weighted by Gasteiger charge is -2.19. The third kappa shape index (κ3) is 5.11. The van der Waals surface area contributed by atoms with E-state index in [1.165, 1.54) is 35.5 Å². The molecule has 6 nitrogen and oxygen atoms in total. The van der Waals surface area contributed by atoms with Crippen molar-refractivity contribution in [3.63, 3.8) is 0 Å². The first-order chi connectivity index (χ1) is 15.8. The van der Waals surface area contributed by atoms with Gasteiger partial charge in [-0.3, -0.25) is 4.79 Å². The van der Waals surface area contributed by atoms with E-state index in [9.17, 15) is 9.18 Å². The summed E-state index contributed by atoms with van der Waals surface area (Å²) in [6.07, 6.45) is 0. The summed E-state index contributed by atoms with van der Waals surface area (Å²) >= 11 is 1.44. The van der Waals surface area contributed by atoms with Crippen LogP contribution in [0.25, 0.3) is 10.9 Å². The molecule has 0 aliphatic rings. The average molecular weight is 467 g/mol. The molecule has 2 aromatic carbocycles. The Bertz CT molecular complexity index is 1320. The number of ether oxygens (including phenoxy) is 1. The molecule has 0 fully saturated rings. The normalized spacial score (nSPS) is 11.8. The molecule has 0 atom stereocenters. The lowest BCUT2D eigenvalue weighted by molar-refractivity contribution is 0.288. The van der Waals surface area contributed by atoms with E-state index in [1.54, 1.807) is 6.07 Å². The second-order valence-corrected chi connectivity index (χ2v) is 9.76. The highest BCUT2D eigenvalue weighted by Gasteiger charge is 2.15. The van der Waals surface area contributed by atoms with Gasteiger partial charge in [0.25, 0.3) is 0 Å². The van der Waals surface area contributed by atoms with Crippen LogP contribution in [-0.2, 0) is 24.3 Å². The molecule has 172 valence electrons. The zero-order valence-electron chi connectivity index (χ0n) is 19.2. The first kappa shape index (κ1) is 23.0. The average Bonchev–Trinajstić information content (AvgIpc) is 3.18. The van der Waals surface area contributed by atoms with Crippen LogP contribution < -0.4 is 10.2 Å². The number of thioether (sulfide) groups is 1. The number of pyridine rings is 1. The maximum Gasteiger partial charge on any atom is 0.191 e. The predicted octanol–water partition coefficient (Wildman–Crippen LogP) is 5.45. The molecule has 4 aromatic rings. The third-order valence-corrected chi connectivity index (χ3v) is 6.44. The van der Waals surface area contributed by atoms with Gasteiger partial charge in [-0.25, -0.2) is 4.39 Å². The van der Waals surface area contributed by atoms with Gasteiger partial charge in [0, 0.05) is 29.4 Å². The van der Waals surface area contributed by atoms with E-state index in [4.69, 9.17) is 4.74 Å². The van der Waals surface area contributed by atoms with Crippen molar-refractivity contribution in [3.05, 3.63) is 81.7 Å². The Kier molecular flexibility index (Phi) is 6.56. The van der Waals surface area contributed by atoms with Crippen LogP contribution in [0.2, 0.25) is 0 Å². The third-order valence-electron chi connectivity index (χ3n) is 5.42. The lowest BCUT2D eigenvalue weighted by atomic mass is 9.87. The molecule has 1 N–H and O–H groups in total. The minimum atomic E-state index is -0.442. The Hall–Kier alpha value is -3.13. The number of hydrogen-bond donors (Lipinski definition) is 1. The van der Waals surface area contributed by atoms with E-state index >= 15 is 0 Å². The number of halogens is 1. The van der Waals surface area contributed by atoms with Crippen LogP contribution >= 0.6 is 11.8 Å². The second kappa shape index (κ2) is 9.39. The molecule has 2 aromatic heterocycles. The van der Waals surface area contributed by atoms with Gasteiger partial charge in [0.05, 0.1) is 5.52 Å². The molecular weight excluding hydrogens is 439 g/mol. The Morgan fingerprint density at radius 2 is 1.88 bits per heavy atom. The molecule has 0 spiro atoms. The summed E-state index contributed by atoms with van der Waals surface area (Å²) in [4.78, 5) is 15.4. The molecule has 2 heterocycles. The van der Waals surface area contributed by atoms with Crippen molar-refractivity contribution >= 4 is 22.7 Å². The Labute approximate surface area is 196 Å². The summed E-state index contributed by atoms with van der Waals surface area (Å²) in [6, 6.07) is 14.1. The van der Waals surface area contributed by atoms with Crippen molar-refractivity contribution in [3.8, 4) is 5.75 Å². The van der Waals surface area contributed by atoms with Gasteiger partial charge in [0.1, 0.15) is 18.2 Å². The highest BCUT2D eigenvalue weighted by atomic mass is 32.2. The van der Waals surface area contributed by atoms with Crippen molar-refractivity contribution in [2.45, 2.75) is 57.2 Å². The number of para-hydroxylation sites is 1. The number of fused-ring (bicyclic) bond motifs is 1. The van der Waals surface area contributed by atoms with Crippen molar-refractivity contribution < 1.29 is 9.13 Å². The number of aromatic nitrogens is 4. The van der Waals surface area contributed by atoms with Crippen LogP contribution in [0.1, 0.15) is 44.8 Å². The van der Waals surface area contributed by atoms with Crippen LogP contribution in [0.15, 0.2) is 58.5 Å². The van der Waals surface area contributed by atoms with Crippen LogP contribution in [-0.4, -0.2) is 19.7 Å². The van der Waals surface area contributed by atoms with E-state index in [0.717, 1.165) is 11.6 Å². The van der Waals surface area contributed by atoms with Crippen molar-refractivity contribution in [2.75, 3.05) is 0 Å². The molecule has 0 bridgehead atoms. The molecule has 8 heteroatoms. The first-order valence-corrected chi connectivity index (χ1v) is 11.8. The van der Waals surface area contributed by atoms with Gasteiger partial charge >= 0.3 is 0 Å². The van der Waals surface area contributed by atoms with Gasteiger partial charge in [-0.1, -0.05) is 50.7 Å². The molecule has 0 saturated carbocycles. The van der Waals surface area contributed by atoms with Crippen LogP contribution in [0, 0.1) is 5.82 Å². The molecule has 0 radical (unpaired) electrons. The number of H-pyrrole nitrogens is 1. The number of nitrogens with one attached hydrogen (secondary N) is 1. The monoisotopic (exact) mass is 466 g/mol. The Morgan fingerprint density at radius 1 is 1.12 bits per heavy atom. The summed E-state index contributed by atoms with van der Waals surface area (Å²) in [5, 5.41) is 9.64. The van der Waals surface area contributed by atoms with Crippen molar-refractivity contribution in [2.24, 2.45) is 0 Å². The van der Waals surface area contributed by atoms with Gasteiger partial charge in [0.15, 0.2) is 16.4 Å². The Morgan fingerprint density at radius 3 is 2.58 bits per heavy atom. The van der Waals surface area contributed by atoms with E-state index in [-0.39, 0.29) is 16.4 Å². The molecular formula is C25H27FN4O2S. The van der Waals surface area contributed by atoms with E-state index in [2.05, 4.69) is 48.1 Å². The van der Waals surface area contributed by atoms with Gasteiger partial charge in [0.2, 0.25) is 0 Å². The van der Waals surface area contributed by atoms with Crippen molar-refractivity contribution in [1.82, 2.24) is 19.7 Å². The fraction of sp³-hybridized carbons (Fsp3) is 0.320. The summed E-state index contributed by atoms with van der Waals surface area (Å²) in [5.74, 6) is 1.49. The number of hydrogen-bond acceptors (Lipinski definition) is 5. The summed E-state index contributed by atoms with van der Waals surface area (Å²) in [5.41, 5.74) is 1.99. The van der Waals surface area contributed by atoms with E-state index in [1.807, 2.05) is 23.6 Å². The summed E-state index contributed by atoms with van der Waals surface area (Å²) in [7, 11) is 0. The zero-order chi connectivity index (χ0) is 23.6. The molecule has 0 unspecified atom stereocenters. The van der Waals surface area contributed by atoms with Gasteiger partial charge < -0.3 is 14.3 Å². The van der Waals surface area contributed by atoms with Gasteiger partial charge in [-0.05, 0) is 42.2 Å². The molecule has 0 amide bonds. The number of rotatable bonds is 7. The summed E-state index contributed by atoms with van der Waals surface area (Å²) < 4.78 is 22.0. The maximum atomic E-state index is 14.1. The first-order valence-electron chi connectivity index (χ1n) is 10.8. The number of aromatic amines is 1. The minimum Gasteiger partial charge on any atom is -0.486 e. The molecule has 0 aliphatic carbocycles. The van der Waals surface area contributed by atoms with Gasteiger partial charge in [-0.15, -0.1) is 10.2 Å². The highest BCUT2D eigenvalue weighted by molar-refractivity contribution is 7.98. The second-order valence-electron chi connectivity index (χ2n) is 8.82. The topological polar surface area (TPSA) is 72.8 Å². The fourth-order valence-electron chi connectivity index (χ4n) is 3.56.